The summed E-state index contributed by atoms with van der Waals surface area (Å²) in [6.45, 7) is 4.04. The van der Waals surface area contributed by atoms with Gasteiger partial charge in [-0.1, -0.05) is 25.7 Å². The summed E-state index contributed by atoms with van der Waals surface area (Å²) in [4.78, 5) is 4.50. The number of aryl methyl sites for hydroxylation is 1. The molecule has 0 aromatic carbocycles. The summed E-state index contributed by atoms with van der Waals surface area (Å²) in [5.74, 6) is 1.34. The first-order valence-electron chi connectivity index (χ1n) is 7.80. The van der Waals surface area contributed by atoms with Crippen molar-refractivity contribution >= 4 is 0 Å². The highest BCUT2D eigenvalue weighted by Gasteiger charge is 2.22. The van der Waals surface area contributed by atoms with Crippen molar-refractivity contribution in [3.63, 3.8) is 0 Å². The Hall–Kier alpha value is -1.09. The number of aliphatic hydroxyl groups excluding tert-OH is 1. The van der Waals surface area contributed by atoms with E-state index in [2.05, 4.69) is 4.98 Å². The SMILES string of the molecule is COc1c(C)cnc(CC(O)C2CCCCCC2)c1C. The van der Waals surface area contributed by atoms with Crippen molar-refractivity contribution in [2.75, 3.05) is 7.11 Å². The van der Waals surface area contributed by atoms with Gasteiger partial charge >= 0.3 is 0 Å². The average molecular weight is 277 g/mol. The zero-order valence-corrected chi connectivity index (χ0v) is 13.0. The van der Waals surface area contributed by atoms with Crippen molar-refractivity contribution in [3.05, 3.63) is 23.0 Å². The highest BCUT2D eigenvalue weighted by molar-refractivity contribution is 5.41. The van der Waals surface area contributed by atoms with Crippen molar-refractivity contribution in [1.29, 1.82) is 0 Å². The normalized spacial score (nSPS) is 18.6. The van der Waals surface area contributed by atoms with Crippen molar-refractivity contribution < 1.29 is 9.84 Å². The van der Waals surface area contributed by atoms with Crippen LogP contribution in [-0.4, -0.2) is 23.3 Å². The summed E-state index contributed by atoms with van der Waals surface area (Å²) in [7, 11) is 1.70. The van der Waals surface area contributed by atoms with E-state index >= 15 is 0 Å². The summed E-state index contributed by atoms with van der Waals surface area (Å²) in [5, 5.41) is 10.5. The van der Waals surface area contributed by atoms with Gasteiger partial charge in [-0.05, 0) is 32.6 Å². The highest BCUT2D eigenvalue weighted by Crippen LogP contribution is 2.29. The molecule has 3 nitrogen and oxygen atoms in total. The van der Waals surface area contributed by atoms with Gasteiger partial charge in [-0.2, -0.15) is 0 Å². The molecule has 1 aromatic rings. The second-order valence-corrected chi connectivity index (χ2v) is 6.07. The molecular weight excluding hydrogens is 250 g/mol. The van der Waals surface area contributed by atoms with Gasteiger partial charge in [0.1, 0.15) is 5.75 Å². The van der Waals surface area contributed by atoms with Crippen LogP contribution in [0.15, 0.2) is 6.20 Å². The Balaban J connectivity index is 2.08. The van der Waals surface area contributed by atoms with Crippen LogP contribution in [0.1, 0.15) is 55.3 Å². The van der Waals surface area contributed by atoms with E-state index in [4.69, 9.17) is 4.74 Å². The number of hydrogen-bond acceptors (Lipinski definition) is 3. The summed E-state index contributed by atoms with van der Waals surface area (Å²) in [5.41, 5.74) is 3.10. The van der Waals surface area contributed by atoms with Crippen molar-refractivity contribution in [3.8, 4) is 5.75 Å². The zero-order valence-electron chi connectivity index (χ0n) is 13.0. The number of hydrogen-bond donors (Lipinski definition) is 1. The predicted octanol–water partition coefficient (Wildman–Crippen LogP) is 3.58. The number of rotatable bonds is 4. The quantitative estimate of drug-likeness (QED) is 0.855. The van der Waals surface area contributed by atoms with E-state index in [0.717, 1.165) is 35.4 Å². The van der Waals surface area contributed by atoms with E-state index in [-0.39, 0.29) is 6.10 Å². The maximum absolute atomic E-state index is 10.5. The Morgan fingerprint density at radius 1 is 1.25 bits per heavy atom. The first-order chi connectivity index (χ1) is 9.63. The number of aliphatic hydroxyl groups is 1. The number of aromatic nitrogens is 1. The molecule has 0 saturated heterocycles. The summed E-state index contributed by atoms with van der Waals surface area (Å²) in [6, 6.07) is 0. The number of methoxy groups -OCH3 is 1. The molecule has 0 radical (unpaired) electrons. The van der Waals surface area contributed by atoms with Gasteiger partial charge in [0.15, 0.2) is 0 Å². The van der Waals surface area contributed by atoms with Crippen LogP contribution < -0.4 is 4.74 Å². The Morgan fingerprint density at radius 2 is 1.90 bits per heavy atom. The van der Waals surface area contributed by atoms with Gasteiger partial charge in [0.05, 0.1) is 13.2 Å². The van der Waals surface area contributed by atoms with E-state index in [9.17, 15) is 5.11 Å². The standard InChI is InChI=1S/C17H27NO2/c1-12-11-18-15(13(2)17(12)20-3)10-16(19)14-8-6-4-5-7-9-14/h11,14,16,19H,4-10H2,1-3H3. The third kappa shape index (κ3) is 3.51. The smallest absolute Gasteiger partial charge is 0.128 e. The molecule has 1 aromatic heterocycles. The lowest BCUT2D eigenvalue weighted by atomic mass is 9.90. The van der Waals surface area contributed by atoms with Crippen LogP contribution in [0.25, 0.3) is 0 Å². The molecule has 1 fully saturated rings. The molecule has 112 valence electrons. The average Bonchev–Trinajstić information content (AvgIpc) is 2.71. The zero-order chi connectivity index (χ0) is 14.5. The van der Waals surface area contributed by atoms with Gasteiger partial charge in [-0.15, -0.1) is 0 Å². The first-order valence-corrected chi connectivity index (χ1v) is 7.80. The molecule has 1 saturated carbocycles. The fourth-order valence-corrected chi connectivity index (χ4v) is 3.34. The summed E-state index contributed by atoms with van der Waals surface area (Å²) < 4.78 is 5.44. The molecule has 0 bridgehead atoms. The van der Waals surface area contributed by atoms with Crippen LogP contribution in [0.5, 0.6) is 5.75 Å². The Morgan fingerprint density at radius 3 is 2.50 bits per heavy atom. The third-order valence-electron chi connectivity index (χ3n) is 4.60. The molecular formula is C17H27NO2. The number of pyridine rings is 1. The summed E-state index contributed by atoms with van der Waals surface area (Å²) in [6.07, 6.45) is 9.68. The molecule has 3 heteroatoms. The van der Waals surface area contributed by atoms with Gasteiger partial charge < -0.3 is 9.84 Å². The Bertz CT molecular complexity index is 437. The Labute approximate surface area is 122 Å². The number of nitrogens with zero attached hydrogens (tertiary/aromatic N) is 1. The lowest BCUT2D eigenvalue weighted by molar-refractivity contribution is 0.0974. The van der Waals surface area contributed by atoms with E-state index < -0.39 is 0 Å². The largest absolute Gasteiger partial charge is 0.496 e. The second-order valence-electron chi connectivity index (χ2n) is 6.07. The van der Waals surface area contributed by atoms with Gasteiger partial charge in [-0.25, -0.2) is 0 Å². The monoisotopic (exact) mass is 277 g/mol. The molecule has 1 aliphatic rings. The third-order valence-corrected chi connectivity index (χ3v) is 4.60. The van der Waals surface area contributed by atoms with E-state index in [1.807, 2.05) is 20.0 Å². The molecule has 1 atom stereocenters. The molecule has 1 aliphatic carbocycles. The minimum atomic E-state index is -0.272. The van der Waals surface area contributed by atoms with Gasteiger partial charge in [0.25, 0.3) is 0 Å². The topological polar surface area (TPSA) is 42.4 Å². The van der Waals surface area contributed by atoms with E-state index in [0.29, 0.717) is 12.3 Å². The highest BCUT2D eigenvalue weighted by atomic mass is 16.5. The molecule has 0 spiro atoms. The van der Waals surface area contributed by atoms with Crippen LogP contribution in [0, 0.1) is 19.8 Å². The van der Waals surface area contributed by atoms with Crippen LogP contribution in [0.4, 0.5) is 0 Å². The lowest BCUT2D eigenvalue weighted by Gasteiger charge is -2.22. The van der Waals surface area contributed by atoms with Crippen LogP contribution in [0.2, 0.25) is 0 Å². The molecule has 2 rings (SSSR count). The molecule has 20 heavy (non-hydrogen) atoms. The molecule has 0 amide bonds. The first kappa shape index (κ1) is 15.3. The minimum Gasteiger partial charge on any atom is -0.496 e. The van der Waals surface area contributed by atoms with E-state index in [1.54, 1.807) is 7.11 Å². The van der Waals surface area contributed by atoms with Crippen molar-refractivity contribution in [2.45, 2.75) is 64.9 Å². The van der Waals surface area contributed by atoms with Crippen molar-refractivity contribution in [1.82, 2.24) is 4.98 Å². The molecule has 1 N–H and O–H groups in total. The van der Waals surface area contributed by atoms with Crippen molar-refractivity contribution in [2.24, 2.45) is 5.92 Å². The molecule has 1 heterocycles. The van der Waals surface area contributed by atoms with Crippen LogP contribution in [0.3, 0.4) is 0 Å². The minimum absolute atomic E-state index is 0.272. The number of ether oxygens (including phenoxy) is 1. The predicted molar refractivity (Wildman–Crippen MR) is 81.2 cm³/mol. The van der Waals surface area contributed by atoms with Crippen LogP contribution in [-0.2, 0) is 6.42 Å². The van der Waals surface area contributed by atoms with Crippen LogP contribution >= 0.6 is 0 Å². The maximum atomic E-state index is 10.5. The van der Waals surface area contributed by atoms with Gasteiger partial charge in [0.2, 0.25) is 0 Å². The van der Waals surface area contributed by atoms with E-state index in [1.165, 1.54) is 25.7 Å². The fraction of sp³-hybridized carbons (Fsp3) is 0.706. The fourth-order valence-electron chi connectivity index (χ4n) is 3.34. The molecule has 1 unspecified atom stereocenters. The second kappa shape index (κ2) is 7.07. The maximum Gasteiger partial charge on any atom is 0.128 e. The molecule has 0 aliphatic heterocycles. The van der Waals surface area contributed by atoms with Gasteiger partial charge in [0, 0.05) is 29.4 Å². The Kier molecular flexibility index (Phi) is 5.41. The lowest BCUT2D eigenvalue weighted by Crippen LogP contribution is -2.23. The summed E-state index contributed by atoms with van der Waals surface area (Å²) >= 11 is 0. The van der Waals surface area contributed by atoms with Gasteiger partial charge in [-0.3, -0.25) is 4.98 Å².